The molecule has 3 aliphatic rings. The van der Waals surface area contributed by atoms with Crippen molar-refractivity contribution in [1.82, 2.24) is 14.8 Å². The van der Waals surface area contributed by atoms with Gasteiger partial charge in [0.25, 0.3) is 17.7 Å². The zero-order chi connectivity index (χ0) is 24.7. The summed E-state index contributed by atoms with van der Waals surface area (Å²) in [6, 6.07) is -1.08. The number of nitrogens with one attached hydrogen (secondary N) is 1. The Morgan fingerprint density at radius 2 is 1.85 bits per heavy atom. The Labute approximate surface area is 188 Å². The molecule has 1 saturated carbocycles. The zero-order valence-electron chi connectivity index (χ0n) is 17.6. The summed E-state index contributed by atoms with van der Waals surface area (Å²) >= 11 is 0. The maximum absolute atomic E-state index is 14.4. The highest BCUT2D eigenvalue weighted by atomic mass is 19.3. The molecule has 180 valence electrons. The van der Waals surface area contributed by atoms with Crippen LogP contribution >= 0.6 is 0 Å². The van der Waals surface area contributed by atoms with Crippen LogP contribution in [0.1, 0.15) is 39.8 Å². The van der Waals surface area contributed by atoms with Crippen LogP contribution in [-0.4, -0.2) is 44.4 Å². The molecule has 34 heavy (non-hydrogen) atoms. The first-order valence-corrected chi connectivity index (χ1v) is 10.5. The van der Waals surface area contributed by atoms with Crippen LogP contribution in [0.15, 0.2) is 23.1 Å². The summed E-state index contributed by atoms with van der Waals surface area (Å²) in [5.74, 6) is -10.8. The van der Waals surface area contributed by atoms with E-state index >= 15 is 0 Å². The molecule has 1 aromatic heterocycles. The molecule has 5 rings (SSSR count). The largest absolute Gasteiger partial charge is 0.503 e. The number of carbonyl (C=O) groups is 2. The predicted octanol–water partition coefficient (Wildman–Crippen LogP) is 2.40. The molecule has 2 amide bonds. The predicted molar refractivity (Wildman–Crippen MR) is 106 cm³/mol. The fourth-order valence-electron chi connectivity index (χ4n) is 5.60. The van der Waals surface area contributed by atoms with E-state index in [4.69, 9.17) is 0 Å². The third kappa shape index (κ3) is 3.03. The molecule has 1 aliphatic carbocycles. The molecule has 2 bridgehead atoms. The molecule has 12 heteroatoms. The number of alkyl halides is 2. The highest BCUT2D eigenvalue weighted by molar-refractivity contribution is 5.99. The Morgan fingerprint density at radius 3 is 2.50 bits per heavy atom. The minimum absolute atomic E-state index is 0.0159. The lowest BCUT2D eigenvalue weighted by Gasteiger charge is -2.43. The SMILES string of the molecule is C[C@H]1[C@H]2CC(F)(F)[C@@H]1N1C(=O)c3c(O)c(=O)c(C(=O)NCc4c(F)cc(F)cc4F)cn3C[C@@H]21. The molecule has 2 N–H and O–H groups in total. The van der Waals surface area contributed by atoms with Gasteiger partial charge in [-0.3, -0.25) is 14.4 Å². The number of hydrogen-bond acceptors (Lipinski definition) is 4. The van der Waals surface area contributed by atoms with Gasteiger partial charge in [0.05, 0.1) is 12.1 Å². The van der Waals surface area contributed by atoms with Crippen molar-refractivity contribution in [3.05, 3.63) is 62.8 Å². The van der Waals surface area contributed by atoms with Crippen LogP contribution in [0.3, 0.4) is 0 Å². The third-order valence-corrected chi connectivity index (χ3v) is 7.12. The number of halogens is 5. The summed E-state index contributed by atoms with van der Waals surface area (Å²) in [7, 11) is 0. The van der Waals surface area contributed by atoms with Crippen molar-refractivity contribution in [2.45, 2.75) is 44.4 Å². The summed E-state index contributed by atoms with van der Waals surface area (Å²) in [4.78, 5) is 39.3. The number of amides is 2. The average molecular weight is 483 g/mol. The normalized spacial score (nSPS) is 26.4. The molecule has 1 aromatic carbocycles. The number of piperidine rings is 1. The first-order valence-electron chi connectivity index (χ1n) is 10.5. The van der Waals surface area contributed by atoms with Gasteiger partial charge in [0.1, 0.15) is 23.0 Å². The second-order valence-electron chi connectivity index (χ2n) is 8.96. The van der Waals surface area contributed by atoms with E-state index in [0.29, 0.717) is 12.1 Å². The standard InChI is InChI=1S/C22H18F5N3O4/c1-8-10-4-22(26,27)19(8)30-15(10)7-29-6-12(17(31)18(32)16(29)21(30)34)20(33)28-5-11-13(24)2-9(23)3-14(11)25/h2-3,6,8,10,15,19,32H,4-5,7H2,1H3,(H,28,33)/t8-,10+,15-,19+/m0/s1. The fraction of sp³-hybridized carbons (Fsp3) is 0.409. The third-order valence-electron chi connectivity index (χ3n) is 7.12. The number of pyridine rings is 1. The number of benzene rings is 1. The van der Waals surface area contributed by atoms with Crippen molar-refractivity contribution in [1.29, 1.82) is 0 Å². The lowest BCUT2D eigenvalue weighted by Crippen LogP contribution is -2.58. The monoisotopic (exact) mass is 483 g/mol. The van der Waals surface area contributed by atoms with Gasteiger partial charge in [-0.25, -0.2) is 22.0 Å². The average Bonchev–Trinajstić information content (AvgIpc) is 3.14. The van der Waals surface area contributed by atoms with Gasteiger partial charge in [-0.05, 0) is 11.8 Å². The molecule has 3 heterocycles. The summed E-state index contributed by atoms with van der Waals surface area (Å²) in [6.07, 6.45) is 0.630. The summed E-state index contributed by atoms with van der Waals surface area (Å²) < 4.78 is 70.7. The summed E-state index contributed by atoms with van der Waals surface area (Å²) in [6.45, 7) is 0.894. The number of hydrogen-bond donors (Lipinski definition) is 2. The molecular weight excluding hydrogens is 465 g/mol. The van der Waals surface area contributed by atoms with E-state index in [-0.39, 0.29) is 6.54 Å². The van der Waals surface area contributed by atoms with Crippen molar-refractivity contribution in [3.63, 3.8) is 0 Å². The lowest BCUT2D eigenvalue weighted by molar-refractivity contribution is -0.0891. The van der Waals surface area contributed by atoms with Crippen molar-refractivity contribution in [2.75, 3.05) is 0 Å². The highest BCUT2D eigenvalue weighted by Crippen LogP contribution is 2.56. The van der Waals surface area contributed by atoms with E-state index in [9.17, 15) is 41.4 Å². The van der Waals surface area contributed by atoms with E-state index in [2.05, 4.69) is 5.32 Å². The van der Waals surface area contributed by atoms with Crippen LogP contribution < -0.4 is 10.7 Å². The zero-order valence-corrected chi connectivity index (χ0v) is 17.6. The van der Waals surface area contributed by atoms with Crippen LogP contribution in [0.2, 0.25) is 0 Å². The van der Waals surface area contributed by atoms with Gasteiger partial charge >= 0.3 is 0 Å². The van der Waals surface area contributed by atoms with E-state index < -0.39 is 100 Å². The van der Waals surface area contributed by atoms with Crippen molar-refractivity contribution in [3.8, 4) is 5.75 Å². The van der Waals surface area contributed by atoms with Gasteiger partial charge in [-0.2, -0.15) is 0 Å². The van der Waals surface area contributed by atoms with E-state index in [1.54, 1.807) is 6.92 Å². The number of carbonyl (C=O) groups excluding carboxylic acids is 2. The Balaban J connectivity index is 1.46. The quantitative estimate of drug-likeness (QED) is 0.657. The number of aromatic nitrogens is 1. The molecule has 0 radical (unpaired) electrons. The molecule has 4 atom stereocenters. The van der Waals surface area contributed by atoms with E-state index in [0.717, 1.165) is 11.1 Å². The first kappa shape index (κ1) is 22.4. The molecule has 2 aromatic rings. The van der Waals surface area contributed by atoms with Gasteiger partial charge in [0.2, 0.25) is 5.43 Å². The Kier molecular flexibility index (Phi) is 4.79. The van der Waals surface area contributed by atoms with Gasteiger partial charge in [0.15, 0.2) is 11.4 Å². The summed E-state index contributed by atoms with van der Waals surface area (Å²) in [5.41, 5.74) is -2.98. The molecular formula is C22H18F5N3O4. The maximum atomic E-state index is 14.4. The Bertz CT molecular complexity index is 1290. The van der Waals surface area contributed by atoms with Gasteiger partial charge in [-0.1, -0.05) is 6.92 Å². The second-order valence-corrected chi connectivity index (χ2v) is 8.96. The fourth-order valence-corrected chi connectivity index (χ4v) is 5.60. The number of rotatable bonds is 3. The number of fused-ring (bicyclic) bond motifs is 6. The minimum Gasteiger partial charge on any atom is -0.503 e. The Hall–Kier alpha value is -3.44. The van der Waals surface area contributed by atoms with Crippen molar-refractivity contribution < 1.29 is 36.6 Å². The van der Waals surface area contributed by atoms with E-state index in [1.807, 2.05) is 0 Å². The highest BCUT2D eigenvalue weighted by Gasteiger charge is 2.67. The van der Waals surface area contributed by atoms with Crippen molar-refractivity contribution in [2.24, 2.45) is 11.8 Å². The topological polar surface area (TPSA) is 91.6 Å². The smallest absolute Gasteiger partial charge is 0.275 e. The number of aromatic hydroxyl groups is 1. The number of nitrogens with zero attached hydrogens (tertiary/aromatic N) is 2. The van der Waals surface area contributed by atoms with Crippen LogP contribution in [0.5, 0.6) is 5.75 Å². The molecule has 1 saturated heterocycles. The van der Waals surface area contributed by atoms with Gasteiger partial charge in [0, 0.05) is 43.4 Å². The van der Waals surface area contributed by atoms with Crippen LogP contribution in [0, 0.1) is 29.3 Å². The first-order chi connectivity index (χ1) is 15.9. The molecule has 2 aliphatic heterocycles. The summed E-state index contributed by atoms with van der Waals surface area (Å²) in [5, 5.41) is 12.6. The van der Waals surface area contributed by atoms with Crippen LogP contribution in [-0.2, 0) is 13.1 Å². The van der Waals surface area contributed by atoms with Crippen LogP contribution in [0.4, 0.5) is 22.0 Å². The van der Waals surface area contributed by atoms with E-state index in [1.165, 1.54) is 4.57 Å². The molecule has 7 nitrogen and oxygen atoms in total. The van der Waals surface area contributed by atoms with Crippen molar-refractivity contribution >= 4 is 11.8 Å². The second kappa shape index (κ2) is 7.28. The van der Waals surface area contributed by atoms with Gasteiger partial charge in [-0.15, -0.1) is 0 Å². The van der Waals surface area contributed by atoms with Crippen LogP contribution in [0.25, 0.3) is 0 Å². The molecule has 2 fully saturated rings. The lowest BCUT2D eigenvalue weighted by atomic mass is 9.91. The molecule has 0 spiro atoms. The molecule has 0 unspecified atom stereocenters. The Morgan fingerprint density at radius 1 is 1.21 bits per heavy atom. The maximum Gasteiger partial charge on any atom is 0.275 e. The minimum atomic E-state index is -3.08. The van der Waals surface area contributed by atoms with Gasteiger partial charge < -0.3 is 19.9 Å².